The van der Waals surface area contributed by atoms with Gasteiger partial charge in [0, 0.05) is 30.1 Å². The molecule has 0 saturated carbocycles. The highest BCUT2D eigenvalue weighted by Gasteiger charge is 2.12. The zero-order valence-electron chi connectivity index (χ0n) is 12.1. The molecule has 3 rings (SSSR count). The fraction of sp³-hybridized carbons (Fsp3) is 0.333. The molecule has 1 aromatic heterocycles. The van der Waals surface area contributed by atoms with E-state index in [2.05, 4.69) is 20.6 Å². The summed E-state index contributed by atoms with van der Waals surface area (Å²) >= 11 is 0. The molecule has 1 aliphatic rings. The van der Waals surface area contributed by atoms with Crippen LogP contribution in [0.3, 0.4) is 0 Å². The van der Waals surface area contributed by atoms with Crippen LogP contribution in [0.1, 0.15) is 12.6 Å². The van der Waals surface area contributed by atoms with E-state index in [1.807, 2.05) is 38.1 Å². The third-order valence-corrected chi connectivity index (χ3v) is 3.00. The van der Waals surface area contributed by atoms with Crippen molar-refractivity contribution in [2.75, 3.05) is 30.4 Å². The highest BCUT2D eigenvalue weighted by molar-refractivity contribution is 5.62. The molecule has 0 aliphatic carbocycles. The molecule has 0 saturated heterocycles. The number of anilines is 3. The normalized spacial score (nSPS) is 12.9. The van der Waals surface area contributed by atoms with Crippen molar-refractivity contribution in [2.45, 2.75) is 13.8 Å². The molecule has 0 amide bonds. The van der Waals surface area contributed by atoms with Crippen LogP contribution in [0.5, 0.6) is 11.5 Å². The third kappa shape index (κ3) is 3.16. The summed E-state index contributed by atoms with van der Waals surface area (Å²) in [5, 5.41) is 6.38. The monoisotopic (exact) mass is 286 g/mol. The minimum absolute atomic E-state index is 0.577. The van der Waals surface area contributed by atoms with Crippen LogP contribution in [0.4, 0.5) is 17.5 Å². The Hall–Kier alpha value is -2.50. The van der Waals surface area contributed by atoms with Gasteiger partial charge in [-0.2, -0.15) is 4.98 Å². The molecular formula is C15H18N4O2. The zero-order valence-corrected chi connectivity index (χ0v) is 12.1. The second-order valence-corrected chi connectivity index (χ2v) is 4.73. The zero-order chi connectivity index (χ0) is 14.7. The Morgan fingerprint density at radius 1 is 1.10 bits per heavy atom. The molecule has 0 radical (unpaired) electrons. The number of aryl methyl sites for hydroxylation is 1. The van der Waals surface area contributed by atoms with Gasteiger partial charge in [-0.25, -0.2) is 4.98 Å². The van der Waals surface area contributed by atoms with E-state index in [1.165, 1.54) is 0 Å². The summed E-state index contributed by atoms with van der Waals surface area (Å²) in [6, 6.07) is 7.66. The number of hydrogen-bond donors (Lipinski definition) is 2. The van der Waals surface area contributed by atoms with Gasteiger partial charge in [-0.3, -0.25) is 0 Å². The Kier molecular flexibility index (Phi) is 3.77. The average molecular weight is 286 g/mol. The summed E-state index contributed by atoms with van der Waals surface area (Å²) in [5.41, 5.74) is 1.81. The molecule has 6 heteroatoms. The van der Waals surface area contributed by atoms with E-state index in [-0.39, 0.29) is 0 Å². The Labute approximate surface area is 123 Å². The van der Waals surface area contributed by atoms with Crippen molar-refractivity contribution in [1.82, 2.24) is 9.97 Å². The van der Waals surface area contributed by atoms with E-state index in [0.717, 1.165) is 35.2 Å². The van der Waals surface area contributed by atoms with Crippen LogP contribution < -0.4 is 20.1 Å². The van der Waals surface area contributed by atoms with Crippen LogP contribution in [-0.2, 0) is 0 Å². The number of rotatable bonds is 4. The molecule has 0 unspecified atom stereocenters. The summed E-state index contributed by atoms with van der Waals surface area (Å²) in [7, 11) is 0. The van der Waals surface area contributed by atoms with Crippen molar-refractivity contribution >= 4 is 17.5 Å². The highest BCUT2D eigenvalue weighted by Crippen LogP contribution is 2.33. The van der Waals surface area contributed by atoms with Gasteiger partial charge in [-0.05, 0) is 26.0 Å². The number of nitrogens with one attached hydrogen (secondary N) is 2. The number of nitrogens with zero attached hydrogens (tertiary/aromatic N) is 2. The molecule has 2 N–H and O–H groups in total. The molecule has 21 heavy (non-hydrogen) atoms. The molecule has 6 nitrogen and oxygen atoms in total. The minimum Gasteiger partial charge on any atom is -0.486 e. The maximum Gasteiger partial charge on any atom is 0.224 e. The predicted molar refractivity (Wildman–Crippen MR) is 81.6 cm³/mol. The van der Waals surface area contributed by atoms with E-state index in [4.69, 9.17) is 9.47 Å². The third-order valence-electron chi connectivity index (χ3n) is 3.00. The van der Waals surface area contributed by atoms with Crippen molar-refractivity contribution in [2.24, 2.45) is 0 Å². The van der Waals surface area contributed by atoms with Gasteiger partial charge in [0.05, 0.1) is 0 Å². The van der Waals surface area contributed by atoms with Crippen molar-refractivity contribution < 1.29 is 9.47 Å². The number of aromatic nitrogens is 2. The molecule has 110 valence electrons. The quantitative estimate of drug-likeness (QED) is 0.900. The minimum atomic E-state index is 0.577. The molecule has 1 aliphatic heterocycles. The van der Waals surface area contributed by atoms with Gasteiger partial charge in [0.1, 0.15) is 19.0 Å². The molecular weight excluding hydrogens is 268 g/mol. The van der Waals surface area contributed by atoms with E-state index in [0.29, 0.717) is 19.2 Å². The van der Waals surface area contributed by atoms with Crippen LogP contribution in [0.15, 0.2) is 24.3 Å². The van der Waals surface area contributed by atoms with Gasteiger partial charge in [0.25, 0.3) is 0 Å². The van der Waals surface area contributed by atoms with Crippen LogP contribution in [0.25, 0.3) is 0 Å². The van der Waals surface area contributed by atoms with Crippen LogP contribution in [0, 0.1) is 6.92 Å². The Morgan fingerprint density at radius 3 is 2.71 bits per heavy atom. The summed E-state index contributed by atoms with van der Waals surface area (Å²) in [5.74, 6) is 2.90. The number of fused-ring (bicyclic) bond motifs is 1. The summed E-state index contributed by atoms with van der Waals surface area (Å²) in [6.45, 7) is 5.91. The highest BCUT2D eigenvalue weighted by atomic mass is 16.6. The topological polar surface area (TPSA) is 68.3 Å². The lowest BCUT2D eigenvalue weighted by Crippen LogP contribution is -2.15. The lowest BCUT2D eigenvalue weighted by molar-refractivity contribution is 0.171. The summed E-state index contributed by atoms with van der Waals surface area (Å²) in [6.07, 6.45) is 0. The van der Waals surface area contributed by atoms with E-state index < -0.39 is 0 Å². The fourth-order valence-electron chi connectivity index (χ4n) is 2.14. The molecule has 1 aromatic carbocycles. The largest absolute Gasteiger partial charge is 0.486 e. The van der Waals surface area contributed by atoms with Crippen molar-refractivity contribution in [3.8, 4) is 11.5 Å². The molecule has 0 fully saturated rings. The first kappa shape index (κ1) is 13.5. The molecule has 0 bridgehead atoms. The second kappa shape index (κ2) is 5.87. The first-order valence-electron chi connectivity index (χ1n) is 7.01. The lowest BCUT2D eigenvalue weighted by atomic mass is 10.2. The lowest BCUT2D eigenvalue weighted by Gasteiger charge is -2.19. The number of ether oxygens (including phenoxy) is 2. The maximum atomic E-state index is 5.58. The summed E-state index contributed by atoms with van der Waals surface area (Å²) in [4.78, 5) is 8.75. The van der Waals surface area contributed by atoms with Gasteiger partial charge in [0.2, 0.25) is 5.95 Å². The molecule has 0 spiro atoms. The Bertz CT molecular complexity index is 646. The van der Waals surface area contributed by atoms with Crippen molar-refractivity contribution in [3.63, 3.8) is 0 Å². The molecule has 2 aromatic rings. The standard InChI is InChI=1S/C15H18N4O2/c1-3-16-15-17-10(2)8-14(19-15)18-11-4-5-12-13(9-11)21-7-6-20-12/h4-5,8-9H,3,6-7H2,1-2H3,(H2,16,17,18,19). The predicted octanol–water partition coefficient (Wildman–Crippen LogP) is 2.73. The first-order chi connectivity index (χ1) is 10.2. The van der Waals surface area contributed by atoms with E-state index in [9.17, 15) is 0 Å². The van der Waals surface area contributed by atoms with E-state index in [1.54, 1.807) is 0 Å². The van der Waals surface area contributed by atoms with Crippen LogP contribution in [-0.4, -0.2) is 29.7 Å². The summed E-state index contributed by atoms with van der Waals surface area (Å²) < 4.78 is 11.1. The number of hydrogen-bond acceptors (Lipinski definition) is 6. The average Bonchev–Trinajstić information content (AvgIpc) is 2.47. The Morgan fingerprint density at radius 2 is 1.90 bits per heavy atom. The second-order valence-electron chi connectivity index (χ2n) is 4.73. The number of benzene rings is 1. The maximum absolute atomic E-state index is 5.58. The van der Waals surface area contributed by atoms with E-state index >= 15 is 0 Å². The van der Waals surface area contributed by atoms with Crippen LogP contribution in [0.2, 0.25) is 0 Å². The smallest absolute Gasteiger partial charge is 0.224 e. The fourth-order valence-corrected chi connectivity index (χ4v) is 2.14. The molecule has 0 atom stereocenters. The van der Waals surface area contributed by atoms with Gasteiger partial charge < -0.3 is 20.1 Å². The van der Waals surface area contributed by atoms with Gasteiger partial charge in [0.15, 0.2) is 11.5 Å². The Balaban J connectivity index is 1.83. The van der Waals surface area contributed by atoms with Crippen molar-refractivity contribution in [3.05, 3.63) is 30.0 Å². The van der Waals surface area contributed by atoms with Gasteiger partial charge >= 0.3 is 0 Å². The SMILES string of the molecule is CCNc1nc(C)cc(Nc2ccc3c(c2)OCCO3)n1. The van der Waals surface area contributed by atoms with Crippen LogP contribution >= 0.6 is 0 Å². The van der Waals surface area contributed by atoms with Crippen molar-refractivity contribution in [1.29, 1.82) is 0 Å². The first-order valence-corrected chi connectivity index (χ1v) is 7.01. The van der Waals surface area contributed by atoms with Gasteiger partial charge in [-0.15, -0.1) is 0 Å². The molecule has 2 heterocycles. The van der Waals surface area contributed by atoms with Gasteiger partial charge in [-0.1, -0.05) is 0 Å².